The second-order valence-electron chi connectivity index (χ2n) is 4.83. The second kappa shape index (κ2) is 6.38. The smallest absolute Gasteiger partial charge is 0.127 e. The largest absolute Gasteiger partial charge is 0.493 e. The number of aromatic amines is 1. The average molecular weight is 258 g/mol. The molecule has 101 valence electrons. The Labute approximate surface area is 114 Å². The zero-order chi connectivity index (χ0) is 13.7. The van der Waals surface area contributed by atoms with Gasteiger partial charge in [0.15, 0.2) is 0 Å². The summed E-state index contributed by atoms with van der Waals surface area (Å²) in [6.07, 6.45) is 2.91. The zero-order valence-corrected chi connectivity index (χ0v) is 11.7. The minimum atomic E-state index is 0.711. The van der Waals surface area contributed by atoms with E-state index < -0.39 is 0 Å². The van der Waals surface area contributed by atoms with Crippen LogP contribution in [-0.2, 0) is 0 Å². The summed E-state index contributed by atoms with van der Waals surface area (Å²) >= 11 is 0. The number of aryl methyl sites for hydroxylation is 1. The average Bonchev–Trinajstić information content (AvgIpc) is 2.81. The molecule has 0 amide bonds. The predicted octanol–water partition coefficient (Wildman–Crippen LogP) is 2.52. The van der Waals surface area contributed by atoms with E-state index in [4.69, 9.17) is 4.74 Å². The Balaban J connectivity index is 1.98. The lowest BCUT2D eigenvalue weighted by molar-refractivity contribution is 0.281. The van der Waals surface area contributed by atoms with E-state index in [0.29, 0.717) is 6.61 Å². The van der Waals surface area contributed by atoms with Gasteiger partial charge in [-0.05, 0) is 45.1 Å². The molecule has 1 aromatic carbocycles. The Morgan fingerprint density at radius 2 is 2.26 bits per heavy atom. The highest BCUT2D eigenvalue weighted by Crippen LogP contribution is 2.24. The van der Waals surface area contributed by atoms with Gasteiger partial charge in [0.25, 0.3) is 0 Å². The third-order valence-corrected chi connectivity index (χ3v) is 2.92. The first-order chi connectivity index (χ1) is 9.16. The molecule has 2 aromatic rings. The minimum Gasteiger partial charge on any atom is -0.493 e. The number of hydrogen-bond acceptors (Lipinski definition) is 3. The molecule has 0 unspecified atom stereocenters. The molecule has 4 heteroatoms. The SMILES string of the molecule is Cc1n[nH]cc1-c1cc[c]c(OCCCN(C)C)c1. The second-order valence-corrected chi connectivity index (χ2v) is 4.83. The van der Waals surface area contributed by atoms with E-state index in [0.717, 1.165) is 35.5 Å². The number of ether oxygens (including phenoxy) is 1. The van der Waals surface area contributed by atoms with Crippen molar-refractivity contribution in [1.82, 2.24) is 15.1 Å². The topological polar surface area (TPSA) is 41.1 Å². The molecule has 4 nitrogen and oxygen atoms in total. The van der Waals surface area contributed by atoms with Crippen molar-refractivity contribution in [1.29, 1.82) is 0 Å². The molecule has 0 spiro atoms. The van der Waals surface area contributed by atoms with E-state index in [-0.39, 0.29) is 0 Å². The van der Waals surface area contributed by atoms with Crippen LogP contribution in [0.4, 0.5) is 0 Å². The van der Waals surface area contributed by atoms with Crippen LogP contribution in [0.25, 0.3) is 11.1 Å². The van der Waals surface area contributed by atoms with Crippen LogP contribution < -0.4 is 4.74 Å². The first kappa shape index (κ1) is 13.6. The highest BCUT2D eigenvalue weighted by molar-refractivity contribution is 5.66. The van der Waals surface area contributed by atoms with Gasteiger partial charge in [-0.2, -0.15) is 5.10 Å². The van der Waals surface area contributed by atoms with Gasteiger partial charge in [0.05, 0.1) is 12.3 Å². The molecule has 0 atom stereocenters. The fraction of sp³-hybridized carbons (Fsp3) is 0.400. The number of nitrogens with zero attached hydrogens (tertiary/aromatic N) is 2. The van der Waals surface area contributed by atoms with Crippen molar-refractivity contribution in [2.45, 2.75) is 13.3 Å². The fourth-order valence-electron chi connectivity index (χ4n) is 1.91. The van der Waals surface area contributed by atoms with Gasteiger partial charge in [0, 0.05) is 24.4 Å². The van der Waals surface area contributed by atoms with Crippen molar-refractivity contribution in [2.75, 3.05) is 27.2 Å². The van der Waals surface area contributed by atoms with Gasteiger partial charge in [0.1, 0.15) is 5.75 Å². The van der Waals surface area contributed by atoms with Crippen molar-refractivity contribution in [3.05, 3.63) is 36.2 Å². The molecule has 19 heavy (non-hydrogen) atoms. The normalized spacial score (nSPS) is 10.9. The van der Waals surface area contributed by atoms with Crippen molar-refractivity contribution in [3.63, 3.8) is 0 Å². The Morgan fingerprint density at radius 3 is 2.95 bits per heavy atom. The van der Waals surface area contributed by atoms with E-state index in [1.165, 1.54) is 0 Å². The first-order valence-corrected chi connectivity index (χ1v) is 6.47. The van der Waals surface area contributed by atoms with Gasteiger partial charge in [-0.25, -0.2) is 0 Å². The van der Waals surface area contributed by atoms with Gasteiger partial charge < -0.3 is 9.64 Å². The van der Waals surface area contributed by atoms with Crippen LogP contribution in [0.2, 0.25) is 0 Å². The molecule has 1 heterocycles. The molecule has 0 fully saturated rings. The molecular formula is C15H20N3O. The number of hydrogen-bond donors (Lipinski definition) is 1. The van der Waals surface area contributed by atoms with Crippen molar-refractivity contribution >= 4 is 0 Å². The van der Waals surface area contributed by atoms with Crippen LogP contribution in [0.3, 0.4) is 0 Å². The highest BCUT2D eigenvalue weighted by atomic mass is 16.5. The van der Waals surface area contributed by atoms with Crippen LogP contribution >= 0.6 is 0 Å². The van der Waals surface area contributed by atoms with E-state index >= 15 is 0 Å². The zero-order valence-electron chi connectivity index (χ0n) is 11.7. The molecule has 0 aliphatic carbocycles. The number of H-pyrrole nitrogens is 1. The van der Waals surface area contributed by atoms with Crippen LogP contribution in [0, 0.1) is 13.0 Å². The van der Waals surface area contributed by atoms with Gasteiger partial charge in [-0.15, -0.1) is 0 Å². The Kier molecular flexibility index (Phi) is 4.58. The van der Waals surface area contributed by atoms with Crippen molar-refractivity contribution in [2.24, 2.45) is 0 Å². The lowest BCUT2D eigenvalue weighted by Gasteiger charge is -2.10. The summed E-state index contributed by atoms with van der Waals surface area (Å²) in [4.78, 5) is 2.15. The van der Waals surface area contributed by atoms with E-state index in [9.17, 15) is 0 Å². The molecule has 1 radical (unpaired) electrons. The molecule has 0 bridgehead atoms. The summed E-state index contributed by atoms with van der Waals surface area (Å²) in [5.74, 6) is 0.789. The number of rotatable bonds is 6. The third kappa shape index (κ3) is 3.83. The molecule has 1 aromatic heterocycles. The van der Waals surface area contributed by atoms with Crippen molar-refractivity contribution < 1.29 is 4.74 Å². The molecule has 0 aliphatic rings. The summed E-state index contributed by atoms with van der Waals surface area (Å²) in [6.45, 7) is 3.73. The Hall–Kier alpha value is -1.81. The maximum absolute atomic E-state index is 5.72. The van der Waals surface area contributed by atoms with Crippen LogP contribution in [-0.4, -0.2) is 42.3 Å². The van der Waals surface area contributed by atoms with Crippen LogP contribution in [0.1, 0.15) is 12.1 Å². The van der Waals surface area contributed by atoms with Gasteiger partial charge in [-0.1, -0.05) is 6.07 Å². The van der Waals surface area contributed by atoms with Gasteiger partial charge >= 0.3 is 0 Å². The van der Waals surface area contributed by atoms with E-state index in [2.05, 4.69) is 35.3 Å². The van der Waals surface area contributed by atoms with Gasteiger partial charge in [0.2, 0.25) is 0 Å². The summed E-state index contributed by atoms with van der Waals surface area (Å²) in [6, 6.07) is 9.03. The minimum absolute atomic E-state index is 0.711. The lowest BCUT2D eigenvalue weighted by atomic mass is 10.1. The quantitative estimate of drug-likeness (QED) is 0.809. The molecule has 1 N–H and O–H groups in total. The molecule has 0 aliphatic heterocycles. The fourth-order valence-corrected chi connectivity index (χ4v) is 1.91. The number of nitrogens with one attached hydrogen (secondary N) is 1. The van der Waals surface area contributed by atoms with E-state index in [1.54, 1.807) is 0 Å². The van der Waals surface area contributed by atoms with E-state index in [1.807, 2.05) is 31.3 Å². The predicted molar refractivity (Wildman–Crippen MR) is 76.3 cm³/mol. The summed E-state index contributed by atoms with van der Waals surface area (Å²) in [5.41, 5.74) is 3.20. The number of benzene rings is 1. The van der Waals surface area contributed by atoms with Crippen LogP contribution in [0.5, 0.6) is 5.75 Å². The third-order valence-electron chi connectivity index (χ3n) is 2.92. The molecular weight excluding hydrogens is 238 g/mol. The molecule has 0 saturated heterocycles. The maximum atomic E-state index is 5.72. The summed E-state index contributed by atoms with van der Waals surface area (Å²) in [5, 5.41) is 7.01. The van der Waals surface area contributed by atoms with Crippen LogP contribution in [0.15, 0.2) is 24.4 Å². The van der Waals surface area contributed by atoms with Gasteiger partial charge in [-0.3, -0.25) is 5.10 Å². The first-order valence-electron chi connectivity index (χ1n) is 6.47. The summed E-state index contributed by atoms with van der Waals surface area (Å²) in [7, 11) is 4.13. The molecule has 0 saturated carbocycles. The van der Waals surface area contributed by atoms with Crippen molar-refractivity contribution in [3.8, 4) is 16.9 Å². The monoisotopic (exact) mass is 258 g/mol. The Bertz CT molecular complexity index is 520. The number of aromatic nitrogens is 2. The maximum Gasteiger partial charge on any atom is 0.127 e. The highest BCUT2D eigenvalue weighted by Gasteiger charge is 2.05. The lowest BCUT2D eigenvalue weighted by Crippen LogP contribution is -2.15. The molecule has 2 rings (SSSR count). The standard InChI is InChI=1S/C15H20N3O/c1-12-15(11-16-17-12)13-6-4-7-14(10-13)19-9-5-8-18(2)3/h4,6,10-11H,5,8-9H2,1-3H3,(H,16,17). The summed E-state index contributed by atoms with van der Waals surface area (Å²) < 4.78 is 5.72. The Morgan fingerprint density at radius 1 is 1.42 bits per heavy atom.